The van der Waals surface area contributed by atoms with Gasteiger partial charge in [0.25, 0.3) is 5.91 Å². The number of benzene rings is 2. The Morgan fingerprint density at radius 3 is 2.41 bits per heavy atom. The van der Waals surface area contributed by atoms with Crippen molar-refractivity contribution in [2.75, 3.05) is 26.7 Å². The predicted molar refractivity (Wildman–Crippen MR) is 129 cm³/mol. The van der Waals surface area contributed by atoms with Crippen LogP contribution < -0.4 is 10.1 Å². The fourth-order valence-corrected chi connectivity index (χ4v) is 4.97. The largest absolute Gasteiger partial charge is 0.497 e. The van der Waals surface area contributed by atoms with Gasteiger partial charge in [0.2, 0.25) is 0 Å². The lowest BCUT2D eigenvalue weighted by molar-refractivity contribution is 0.0907. The van der Waals surface area contributed by atoms with E-state index < -0.39 is 0 Å². The fourth-order valence-electron chi connectivity index (χ4n) is 4.97. The summed E-state index contributed by atoms with van der Waals surface area (Å²) in [4.78, 5) is 15.7. The third-order valence-corrected chi connectivity index (χ3v) is 6.62. The van der Waals surface area contributed by atoms with Crippen molar-refractivity contribution in [1.82, 2.24) is 10.2 Å². The van der Waals surface area contributed by atoms with E-state index in [9.17, 15) is 4.79 Å². The minimum absolute atomic E-state index is 0.122. The standard InChI is InChI=1S/C27H34N2O3/c1-18-15-19(2)25-20(3)26(32-24(25)16-18)27(30)28-17-23(29-13-7-5-6-8-14-29)21-9-11-22(31-4)12-10-21/h9-12,15-16,23H,5-8,13-14,17H2,1-4H3,(H,28,30). The topological polar surface area (TPSA) is 54.7 Å². The van der Waals surface area contributed by atoms with Crippen LogP contribution in [-0.4, -0.2) is 37.6 Å². The predicted octanol–water partition coefficient (Wildman–Crippen LogP) is 5.71. The lowest BCUT2D eigenvalue weighted by Crippen LogP contribution is -2.38. The van der Waals surface area contributed by atoms with Gasteiger partial charge in [-0.2, -0.15) is 0 Å². The molecule has 1 aliphatic rings. The maximum Gasteiger partial charge on any atom is 0.287 e. The summed E-state index contributed by atoms with van der Waals surface area (Å²) in [7, 11) is 1.68. The van der Waals surface area contributed by atoms with Crippen molar-refractivity contribution < 1.29 is 13.9 Å². The Kier molecular flexibility index (Phi) is 6.85. The van der Waals surface area contributed by atoms with E-state index in [-0.39, 0.29) is 11.9 Å². The quantitative estimate of drug-likeness (QED) is 0.540. The molecule has 1 atom stereocenters. The van der Waals surface area contributed by atoms with Crippen molar-refractivity contribution in [2.45, 2.75) is 52.5 Å². The monoisotopic (exact) mass is 434 g/mol. The third-order valence-electron chi connectivity index (χ3n) is 6.62. The van der Waals surface area contributed by atoms with Gasteiger partial charge in [0.05, 0.1) is 13.2 Å². The number of fused-ring (bicyclic) bond motifs is 1. The van der Waals surface area contributed by atoms with Crippen molar-refractivity contribution in [3.05, 3.63) is 64.4 Å². The maximum atomic E-state index is 13.2. The zero-order valence-electron chi connectivity index (χ0n) is 19.7. The Hall–Kier alpha value is -2.79. The number of aryl methyl sites for hydroxylation is 3. The highest BCUT2D eigenvalue weighted by Gasteiger charge is 2.24. The molecule has 4 rings (SSSR count). The second-order valence-corrected chi connectivity index (χ2v) is 8.96. The minimum atomic E-state index is -0.149. The number of carbonyl (C=O) groups excluding carboxylic acids is 1. The van der Waals surface area contributed by atoms with E-state index in [1.165, 1.54) is 31.2 Å². The third kappa shape index (κ3) is 4.68. The Morgan fingerprint density at radius 2 is 1.75 bits per heavy atom. The zero-order valence-corrected chi connectivity index (χ0v) is 19.7. The molecule has 2 aromatic carbocycles. The summed E-state index contributed by atoms with van der Waals surface area (Å²) in [5.41, 5.74) is 5.16. The number of hydrogen-bond donors (Lipinski definition) is 1. The average Bonchev–Trinajstić information content (AvgIpc) is 2.94. The minimum Gasteiger partial charge on any atom is -0.497 e. The molecule has 5 nitrogen and oxygen atoms in total. The van der Waals surface area contributed by atoms with Crippen LogP contribution >= 0.6 is 0 Å². The molecule has 32 heavy (non-hydrogen) atoms. The molecule has 0 radical (unpaired) electrons. The fraction of sp³-hybridized carbons (Fsp3) is 0.444. The second-order valence-electron chi connectivity index (χ2n) is 8.96. The first kappa shape index (κ1) is 22.4. The van der Waals surface area contributed by atoms with E-state index in [4.69, 9.17) is 9.15 Å². The van der Waals surface area contributed by atoms with Crippen molar-refractivity contribution in [2.24, 2.45) is 0 Å². The smallest absolute Gasteiger partial charge is 0.287 e. The molecule has 1 fully saturated rings. The summed E-state index contributed by atoms with van der Waals surface area (Å²) < 4.78 is 11.3. The molecule has 1 aliphatic heterocycles. The Balaban J connectivity index is 1.57. The summed E-state index contributed by atoms with van der Waals surface area (Å²) in [5, 5.41) is 4.22. The molecule has 1 saturated heterocycles. The van der Waals surface area contributed by atoms with Gasteiger partial charge < -0.3 is 14.5 Å². The van der Waals surface area contributed by atoms with Crippen LogP contribution in [0.5, 0.6) is 5.75 Å². The molecule has 0 bridgehead atoms. The molecule has 170 valence electrons. The van der Waals surface area contributed by atoms with Crippen LogP contribution in [0.2, 0.25) is 0 Å². The summed E-state index contributed by atoms with van der Waals surface area (Å²) in [6.45, 7) is 8.73. The van der Waals surface area contributed by atoms with Gasteiger partial charge in [0, 0.05) is 17.5 Å². The number of ether oxygens (including phenoxy) is 1. The summed E-state index contributed by atoms with van der Waals surface area (Å²) in [6, 6.07) is 12.5. The highest BCUT2D eigenvalue weighted by molar-refractivity contribution is 6.00. The lowest BCUT2D eigenvalue weighted by Gasteiger charge is -2.31. The van der Waals surface area contributed by atoms with E-state index in [0.717, 1.165) is 46.5 Å². The highest BCUT2D eigenvalue weighted by Crippen LogP contribution is 2.30. The van der Waals surface area contributed by atoms with Gasteiger partial charge in [-0.3, -0.25) is 9.69 Å². The van der Waals surface area contributed by atoms with Crippen LogP contribution in [0.3, 0.4) is 0 Å². The first-order chi connectivity index (χ1) is 15.5. The summed E-state index contributed by atoms with van der Waals surface area (Å²) in [5.74, 6) is 1.11. The van der Waals surface area contributed by atoms with Gasteiger partial charge in [0.1, 0.15) is 11.3 Å². The molecule has 1 N–H and O–H groups in total. The summed E-state index contributed by atoms with van der Waals surface area (Å²) >= 11 is 0. The van der Waals surface area contributed by atoms with E-state index in [1.54, 1.807) is 7.11 Å². The van der Waals surface area contributed by atoms with Crippen molar-refractivity contribution >= 4 is 16.9 Å². The summed E-state index contributed by atoms with van der Waals surface area (Å²) in [6.07, 6.45) is 4.94. The lowest BCUT2D eigenvalue weighted by atomic mass is 10.0. The van der Waals surface area contributed by atoms with Gasteiger partial charge >= 0.3 is 0 Å². The molecular formula is C27H34N2O3. The van der Waals surface area contributed by atoms with Crippen LogP contribution in [0.15, 0.2) is 40.8 Å². The maximum absolute atomic E-state index is 13.2. The number of furan rings is 1. The highest BCUT2D eigenvalue weighted by atomic mass is 16.5. The average molecular weight is 435 g/mol. The van der Waals surface area contributed by atoms with E-state index in [0.29, 0.717) is 12.3 Å². The number of carbonyl (C=O) groups is 1. The number of amides is 1. The molecule has 0 spiro atoms. The van der Waals surface area contributed by atoms with Gasteiger partial charge in [-0.15, -0.1) is 0 Å². The molecule has 1 unspecified atom stereocenters. The van der Waals surface area contributed by atoms with Crippen LogP contribution in [0.4, 0.5) is 0 Å². The molecule has 0 aliphatic carbocycles. The number of nitrogens with zero attached hydrogens (tertiary/aromatic N) is 1. The SMILES string of the molecule is COc1ccc(C(CNC(=O)c2oc3cc(C)cc(C)c3c2C)N2CCCCCC2)cc1. The molecule has 3 aromatic rings. The molecule has 5 heteroatoms. The Morgan fingerprint density at radius 1 is 1.06 bits per heavy atom. The van der Waals surface area contributed by atoms with Gasteiger partial charge in [-0.25, -0.2) is 0 Å². The van der Waals surface area contributed by atoms with Crippen molar-refractivity contribution in [3.8, 4) is 5.75 Å². The molecule has 0 saturated carbocycles. The molecule has 2 heterocycles. The number of methoxy groups -OCH3 is 1. The first-order valence-corrected chi connectivity index (χ1v) is 11.6. The number of likely N-dealkylation sites (tertiary alicyclic amines) is 1. The van der Waals surface area contributed by atoms with Gasteiger partial charge in [-0.1, -0.05) is 31.0 Å². The Labute approximate surface area is 190 Å². The van der Waals surface area contributed by atoms with Crippen molar-refractivity contribution in [1.29, 1.82) is 0 Å². The van der Waals surface area contributed by atoms with Gasteiger partial charge in [-0.05, 0) is 81.6 Å². The molecular weight excluding hydrogens is 400 g/mol. The zero-order chi connectivity index (χ0) is 22.7. The van der Waals surface area contributed by atoms with Crippen LogP contribution in [-0.2, 0) is 0 Å². The first-order valence-electron chi connectivity index (χ1n) is 11.6. The van der Waals surface area contributed by atoms with E-state index in [1.807, 2.05) is 32.0 Å². The van der Waals surface area contributed by atoms with E-state index >= 15 is 0 Å². The Bertz CT molecular complexity index is 1080. The van der Waals surface area contributed by atoms with Crippen LogP contribution in [0, 0.1) is 20.8 Å². The number of nitrogens with one attached hydrogen (secondary N) is 1. The second kappa shape index (κ2) is 9.78. The van der Waals surface area contributed by atoms with Gasteiger partial charge in [0.15, 0.2) is 5.76 Å². The normalized spacial score (nSPS) is 16.0. The van der Waals surface area contributed by atoms with Crippen molar-refractivity contribution in [3.63, 3.8) is 0 Å². The number of rotatable bonds is 6. The number of hydrogen-bond acceptors (Lipinski definition) is 4. The molecule has 1 amide bonds. The van der Waals surface area contributed by atoms with Crippen LogP contribution in [0.25, 0.3) is 11.0 Å². The van der Waals surface area contributed by atoms with Crippen LogP contribution in [0.1, 0.15) is 64.5 Å². The molecule has 1 aromatic heterocycles. The van der Waals surface area contributed by atoms with E-state index in [2.05, 4.69) is 35.3 Å².